The lowest BCUT2D eigenvalue weighted by atomic mass is 9.96. The third-order valence-corrected chi connectivity index (χ3v) is 6.90. The fourth-order valence-electron chi connectivity index (χ4n) is 3.06. The summed E-state index contributed by atoms with van der Waals surface area (Å²) in [6.45, 7) is 21.1. The second-order valence-electron chi connectivity index (χ2n) is 10.3. The van der Waals surface area contributed by atoms with Gasteiger partial charge in [0.2, 0.25) is 5.91 Å². The van der Waals surface area contributed by atoms with E-state index in [1.54, 1.807) is 7.11 Å². The number of carbonyl (C=O) groups is 1. The summed E-state index contributed by atoms with van der Waals surface area (Å²) in [4.78, 5) is 12.0. The lowest BCUT2D eigenvalue weighted by Crippen LogP contribution is -2.68. The molecule has 28 heavy (non-hydrogen) atoms. The molecule has 0 bridgehead atoms. The molecule has 166 valence electrons. The number of rotatable bonds is 9. The molecule has 1 aliphatic heterocycles. The smallest absolute Gasteiger partial charge is 0.217 e. The van der Waals surface area contributed by atoms with Gasteiger partial charge in [-0.15, -0.1) is 0 Å². The van der Waals surface area contributed by atoms with Gasteiger partial charge in [-0.25, -0.2) is 0 Å². The van der Waals surface area contributed by atoms with E-state index in [2.05, 4.69) is 64.2 Å². The SMILES string of the molecule is COC1OC(CO[Si](C)(C)C)C(O[Si](C)(C)C)C(NC(C)=O)C1O[Si](C)(C)C. The van der Waals surface area contributed by atoms with E-state index in [4.69, 9.17) is 22.8 Å². The van der Waals surface area contributed by atoms with Gasteiger partial charge in [0.15, 0.2) is 31.2 Å². The van der Waals surface area contributed by atoms with Crippen LogP contribution in [-0.2, 0) is 27.5 Å². The molecule has 0 aromatic heterocycles. The molecule has 1 saturated heterocycles. The summed E-state index contributed by atoms with van der Waals surface area (Å²) < 4.78 is 31.0. The molecule has 1 heterocycles. The highest BCUT2D eigenvalue weighted by Crippen LogP contribution is 2.31. The molecule has 7 nitrogen and oxygen atoms in total. The van der Waals surface area contributed by atoms with Crippen LogP contribution in [-0.4, -0.2) is 75.2 Å². The van der Waals surface area contributed by atoms with Crippen molar-refractivity contribution in [1.29, 1.82) is 0 Å². The molecule has 0 aromatic carbocycles. The van der Waals surface area contributed by atoms with E-state index in [9.17, 15) is 4.79 Å². The first-order chi connectivity index (χ1) is 12.5. The van der Waals surface area contributed by atoms with Crippen molar-refractivity contribution in [3.05, 3.63) is 0 Å². The quantitative estimate of drug-likeness (QED) is 0.543. The lowest BCUT2D eigenvalue weighted by Gasteiger charge is -2.49. The lowest BCUT2D eigenvalue weighted by molar-refractivity contribution is -0.263. The third-order valence-electron chi connectivity index (χ3n) is 3.91. The van der Waals surface area contributed by atoms with Crippen LogP contribution in [0.3, 0.4) is 0 Å². The van der Waals surface area contributed by atoms with Crippen LogP contribution in [0.4, 0.5) is 0 Å². The summed E-state index contributed by atoms with van der Waals surface area (Å²) in [5.41, 5.74) is 0. The van der Waals surface area contributed by atoms with Gasteiger partial charge in [0.05, 0.1) is 18.8 Å². The van der Waals surface area contributed by atoms with Crippen molar-refractivity contribution in [2.45, 2.75) is 96.5 Å². The van der Waals surface area contributed by atoms with Crippen LogP contribution in [0.2, 0.25) is 58.9 Å². The van der Waals surface area contributed by atoms with Crippen molar-refractivity contribution in [3.8, 4) is 0 Å². The van der Waals surface area contributed by atoms with Gasteiger partial charge in [0, 0.05) is 14.0 Å². The summed E-state index contributed by atoms with van der Waals surface area (Å²) in [5, 5.41) is 3.07. The molecule has 1 aliphatic rings. The van der Waals surface area contributed by atoms with E-state index in [-0.39, 0.29) is 24.2 Å². The summed E-state index contributed by atoms with van der Waals surface area (Å²) in [6.07, 6.45) is -1.74. The van der Waals surface area contributed by atoms with E-state index in [0.717, 1.165) is 0 Å². The Labute approximate surface area is 174 Å². The zero-order valence-corrected chi connectivity index (χ0v) is 22.5. The first kappa shape index (κ1) is 26.0. The highest BCUT2D eigenvalue weighted by Gasteiger charge is 2.50. The van der Waals surface area contributed by atoms with E-state index < -0.39 is 37.3 Å². The van der Waals surface area contributed by atoms with Crippen molar-refractivity contribution in [3.63, 3.8) is 0 Å². The number of hydrogen-bond acceptors (Lipinski definition) is 6. The average Bonchev–Trinajstić information content (AvgIpc) is 2.45. The molecule has 0 aromatic rings. The Balaban J connectivity index is 3.28. The zero-order chi connectivity index (χ0) is 21.9. The first-order valence-corrected chi connectivity index (χ1v) is 20.2. The van der Waals surface area contributed by atoms with E-state index in [1.165, 1.54) is 6.92 Å². The Morgan fingerprint density at radius 2 is 1.39 bits per heavy atom. The van der Waals surface area contributed by atoms with Crippen molar-refractivity contribution in [2.75, 3.05) is 13.7 Å². The molecule has 1 N–H and O–H groups in total. The van der Waals surface area contributed by atoms with E-state index in [1.807, 2.05) is 0 Å². The van der Waals surface area contributed by atoms with Crippen molar-refractivity contribution in [2.24, 2.45) is 0 Å². The van der Waals surface area contributed by atoms with Crippen molar-refractivity contribution < 1.29 is 27.5 Å². The maximum absolute atomic E-state index is 12.0. The van der Waals surface area contributed by atoms with Crippen LogP contribution >= 0.6 is 0 Å². The van der Waals surface area contributed by atoms with Gasteiger partial charge in [-0.3, -0.25) is 4.79 Å². The Hall–Kier alpha value is -0.0794. The third kappa shape index (κ3) is 9.16. The summed E-state index contributed by atoms with van der Waals surface area (Å²) in [7, 11) is -4.01. The second kappa shape index (κ2) is 9.82. The Morgan fingerprint density at radius 3 is 1.79 bits per heavy atom. The Kier molecular flexibility index (Phi) is 9.10. The molecule has 0 radical (unpaired) electrons. The van der Waals surface area contributed by atoms with E-state index in [0.29, 0.717) is 6.61 Å². The van der Waals surface area contributed by atoms with Gasteiger partial charge in [-0.05, 0) is 58.9 Å². The molecule has 1 fully saturated rings. The van der Waals surface area contributed by atoms with Crippen LogP contribution in [0, 0.1) is 0 Å². The van der Waals surface area contributed by atoms with Crippen molar-refractivity contribution in [1.82, 2.24) is 5.32 Å². The van der Waals surface area contributed by atoms with Crippen LogP contribution < -0.4 is 5.32 Å². The summed E-state index contributed by atoms with van der Waals surface area (Å²) in [6, 6.07) is -0.370. The first-order valence-electron chi connectivity index (χ1n) is 9.97. The average molecular weight is 452 g/mol. The maximum atomic E-state index is 12.0. The van der Waals surface area contributed by atoms with Gasteiger partial charge in [0.1, 0.15) is 12.2 Å². The molecule has 0 saturated carbocycles. The minimum Gasteiger partial charge on any atom is -0.415 e. The topological polar surface area (TPSA) is 75.3 Å². The van der Waals surface area contributed by atoms with Gasteiger partial charge in [-0.2, -0.15) is 0 Å². The second-order valence-corrected chi connectivity index (χ2v) is 23.8. The van der Waals surface area contributed by atoms with Crippen LogP contribution in [0.5, 0.6) is 0 Å². The minimum absolute atomic E-state index is 0.125. The number of methoxy groups -OCH3 is 1. The molecule has 0 aliphatic carbocycles. The van der Waals surface area contributed by atoms with Crippen molar-refractivity contribution >= 4 is 30.9 Å². The Morgan fingerprint density at radius 1 is 0.893 bits per heavy atom. The molecule has 10 heteroatoms. The van der Waals surface area contributed by atoms with Crippen LogP contribution in [0.15, 0.2) is 0 Å². The standard InChI is InChI=1S/C18H41NO6Si3/c1-13(20)19-15-16(24-27(6,7)8)14(12-22-26(3,4)5)23-18(21-2)17(15)25-28(9,10)11/h14-18H,12H2,1-11H3,(H,19,20). The fourth-order valence-corrected chi connectivity index (χ4v) is 5.92. The Bertz CT molecular complexity index is 515. The monoisotopic (exact) mass is 451 g/mol. The fraction of sp³-hybridized carbons (Fsp3) is 0.944. The largest absolute Gasteiger partial charge is 0.415 e. The predicted octanol–water partition coefficient (Wildman–Crippen LogP) is 3.15. The zero-order valence-electron chi connectivity index (χ0n) is 19.5. The summed E-state index contributed by atoms with van der Waals surface area (Å²) in [5.74, 6) is -0.125. The molecule has 1 amide bonds. The number of ether oxygens (including phenoxy) is 2. The number of amides is 1. The number of carbonyl (C=O) groups excluding carboxylic acids is 1. The number of nitrogens with one attached hydrogen (secondary N) is 1. The maximum Gasteiger partial charge on any atom is 0.217 e. The molecular formula is C18H41NO6Si3. The van der Waals surface area contributed by atoms with Gasteiger partial charge < -0.3 is 28.1 Å². The highest BCUT2D eigenvalue weighted by atomic mass is 28.4. The normalized spacial score (nSPS) is 29.6. The predicted molar refractivity (Wildman–Crippen MR) is 119 cm³/mol. The molecule has 1 rings (SSSR count). The highest BCUT2D eigenvalue weighted by molar-refractivity contribution is 6.70. The summed E-state index contributed by atoms with van der Waals surface area (Å²) >= 11 is 0. The molecule has 5 unspecified atom stereocenters. The van der Waals surface area contributed by atoms with Gasteiger partial charge in [0.25, 0.3) is 0 Å². The number of hydrogen-bond donors (Lipinski definition) is 1. The van der Waals surface area contributed by atoms with Gasteiger partial charge >= 0.3 is 0 Å². The molecule has 5 atom stereocenters. The van der Waals surface area contributed by atoms with Crippen LogP contribution in [0.25, 0.3) is 0 Å². The minimum atomic E-state index is -1.94. The molecule has 0 spiro atoms. The van der Waals surface area contributed by atoms with E-state index >= 15 is 0 Å². The van der Waals surface area contributed by atoms with Gasteiger partial charge in [-0.1, -0.05) is 0 Å². The molecular weight excluding hydrogens is 410 g/mol. The van der Waals surface area contributed by atoms with Crippen LogP contribution in [0.1, 0.15) is 6.92 Å².